The molecular weight excluding hydrogens is 1370 g/mol. The van der Waals surface area contributed by atoms with Gasteiger partial charge in [-0.25, -0.2) is 28.1 Å². The van der Waals surface area contributed by atoms with Crippen LogP contribution in [0.2, 0.25) is 5.02 Å². The van der Waals surface area contributed by atoms with E-state index in [1.54, 1.807) is 56.3 Å². The quantitative estimate of drug-likeness (QED) is 0.0178. The molecule has 0 aliphatic carbocycles. The molecule has 10 atom stereocenters. The molecule has 29 heteroatoms. The Hall–Kier alpha value is -4.93. The van der Waals surface area contributed by atoms with Crippen LogP contribution < -0.4 is 16.0 Å². The third-order valence-electron chi connectivity index (χ3n) is 18.7. The Morgan fingerprint density at radius 3 is 1.42 bits per heavy atom. The number of nitriles is 2. The number of phosphoric acid groups is 2. The fraction of sp³-hybridized carbons (Fsp3) is 0.726. The van der Waals surface area contributed by atoms with E-state index in [4.69, 9.17) is 74.1 Å². The van der Waals surface area contributed by atoms with Gasteiger partial charge in [-0.1, -0.05) is 217 Å². The summed E-state index contributed by atoms with van der Waals surface area (Å²) in [6.07, 6.45) is 35.5. The van der Waals surface area contributed by atoms with Gasteiger partial charge in [0.1, 0.15) is 78.2 Å². The van der Waals surface area contributed by atoms with Crippen LogP contribution in [0.3, 0.4) is 0 Å². The van der Waals surface area contributed by atoms with Crippen LogP contribution in [0.1, 0.15) is 245 Å². The van der Waals surface area contributed by atoms with Crippen molar-refractivity contribution in [2.24, 2.45) is 0 Å². The maximum absolute atomic E-state index is 14.2. The molecule has 26 nitrogen and oxygen atoms in total. The number of ether oxygens (including phenoxy) is 6. The summed E-state index contributed by atoms with van der Waals surface area (Å²) in [7, 11) is -8.78. The molecule has 5 aromatic rings. The number of fused-ring (bicyclic) bond motifs is 3. The maximum Gasteiger partial charge on any atom is 0.530 e. The van der Waals surface area contributed by atoms with Crippen molar-refractivity contribution in [1.29, 1.82) is 10.5 Å². The van der Waals surface area contributed by atoms with Crippen molar-refractivity contribution in [3.8, 4) is 17.9 Å². The second-order valence-electron chi connectivity index (χ2n) is 27.3. The molecule has 2 unspecified atom stereocenters. The van der Waals surface area contributed by atoms with Crippen LogP contribution in [0, 0.1) is 22.7 Å². The van der Waals surface area contributed by atoms with Crippen molar-refractivity contribution in [2.45, 2.75) is 287 Å². The van der Waals surface area contributed by atoms with E-state index in [9.17, 15) is 34.8 Å². The molecule has 570 valence electrons. The molecule has 102 heavy (non-hydrogen) atoms. The van der Waals surface area contributed by atoms with Gasteiger partial charge in [0.15, 0.2) is 17.4 Å². The van der Waals surface area contributed by atoms with Crippen molar-refractivity contribution >= 4 is 49.9 Å². The van der Waals surface area contributed by atoms with Crippen molar-refractivity contribution in [3.63, 3.8) is 0 Å². The van der Waals surface area contributed by atoms with Gasteiger partial charge in [0.25, 0.3) is 0 Å². The highest BCUT2D eigenvalue weighted by Crippen LogP contribution is 2.54. The molecule has 1 aromatic carbocycles. The lowest BCUT2D eigenvalue weighted by molar-refractivity contribution is -0.204. The molecule has 0 spiro atoms. The van der Waals surface area contributed by atoms with E-state index in [2.05, 4.69) is 40.1 Å². The third kappa shape index (κ3) is 25.7. The number of phosphoric ester groups is 2. The summed E-state index contributed by atoms with van der Waals surface area (Å²) < 4.78 is 93.1. The van der Waals surface area contributed by atoms with Gasteiger partial charge >= 0.3 is 15.6 Å². The number of para-hydroxylation sites is 1. The van der Waals surface area contributed by atoms with Crippen molar-refractivity contribution < 1.29 is 75.3 Å². The lowest BCUT2D eigenvalue weighted by atomic mass is 9.92. The zero-order valence-electron chi connectivity index (χ0n) is 60.7. The van der Waals surface area contributed by atoms with Gasteiger partial charge in [-0.15, -0.1) is 0 Å². The number of unbranched alkanes of at least 4 members (excludes halogenated alkanes) is 28. The van der Waals surface area contributed by atoms with Gasteiger partial charge in [-0.3, -0.25) is 18.1 Å². The average Bonchev–Trinajstić information content (AvgIpc) is 1.56. The first-order valence-electron chi connectivity index (χ1n) is 37.5. The number of nitrogens with zero attached hydrogens (tertiary/aromatic N) is 8. The van der Waals surface area contributed by atoms with E-state index < -0.39 is 75.9 Å². The highest BCUT2D eigenvalue weighted by molar-refractivity contribution is 7.49. The molecule has 7 N–H and O–H groups in total. The summed E-state index contributed by atoms with van der Waals surface area (Å²) in [6, 6.07) is 17.2. The molecule has 0 bridgehead atoms. The van der Waals surface area contributed by atoms with Crippen LogP contribution >= 0.6 is 27.2 Å². The predicted molar refractivity (Wildman–Crippen MR) is 389 cm³/mol. The topological polar surface area (TPSA) is 356 Å². The fourth-order valence-corrected chi connectivity index (χ4v) is 15.4. The highest BCUT2D eigenvalue weighted by Gasteiger charge is 2.66. The highest BCUT2D eigenvalue weighted by atomic mass is 35.5. The number of anilines is 2. The summed E-state index contributed by atoms with van der Waals surface area (Å²) in [4.78, 5) is 18.0. The molecule has 4 aromatic heterocycles. The Labute approximate surface area is 608 Å². The van der Waals surface area contributed by atoms with E-state index in [1.807, 2.05) is 6.07 Å². The normalized spacial score (nSPS) is 22.6. The Balaban J connectivity index is 0.000000292. The van der Waals surface area contributed by atoms with E-state index >= 15 is 0 Å². The molecule has 3 fully saturated rings. The Kier molecular flexibility index (Phi) is 36.6. The fourth-order valence-electron chi connectivity index (χ4n) is 13.1. The van der Waals surface area contributed by atoms with E-state index in [-0.39, 0.29) is 47.9 Å². The minimum absolute atomic E-state index is 0.0458. The minimum atomic E-state index is -4.49. The zero-order valence-corrected chi connectivity index (χ0v) is 63.2. The number of hydrogen-bond acceptors (Lipinski definition) is 23. The van der Waals surface area contributed by atoms with Gasteiger partial charge in [0.05, 0.1) is 42.8 Å². The monoisotopic (exact) mass is 1480 g/mol. The number of halogens is 1. The van der Waals surface area contributed by atoms with Crippen LogP contribution in [0.15, 0.2) is 61.2 Å². The van der Waals surface area contributed by atoms with Crippen molar-refractivity contribution in [1.82, 2.24) is 29.2 Å². The zero-order chi connectivity index (χ0) is 73.1. The molecule has 8 rings (SSSR count). The standard InChI is InChI=1S/C41H61ClN5O8P.C32H54N5O8P/c1-4-5-6-7-8-9-10-11-12-13-14-15-16-17-20-26-49-27-21-28-50-56(48,55-34-23-19-18-22-32(34)42)51-29-35-37-38(54-40(2,3)53-37)41(30-43,52-35)36-25-24-33-39(44)45-31-46-47(33)36;1-2-3-4-5-6-7-8-9-10-11-12-13-14-15-16-20-42-21-17-22-43-46(40,41)44-23-27-29(38)30(39)32(24-33,45-27)28-19-18-26-31(34)35-25-36-37(26)28/h18-19,22-25,31,35,37-38H,4-17,20-21,26-29H2,1-3H3,(H2,44,45,46);18-19,25,27,29-30,38-39H,2-17,20-23H2,1H3,(H,40,41)(H2,34,35,36)/t35-,37-,38-,41+,56?;27-,29-,30-,32+/m11/s1. The molecule has 3 aliphatic heterocycles. The molecule has 3 saturated heterocycles. The summed E-state index contributed by atoms with van der Waals surface area (Å²) in [5, 5.41) is 50.6. The van der Waals surface area contributed by atoms with Crippen molar-refractivity contribution in [2.75, 3.05) is 64.3 Å². The Bertz CT molecular complexity index is 3410. The number of aliphatic hydroxyl groups excluding tert-OH is 2. The number of rotatable bonds is 52. The predicted octanol–water partition coefficient (Wildman–Crippen LogP) is 15.7. The molecule has 3 aliphatic rings. The first kappa shape index (κ1) is 84.3. The van der Waals surface area contributed by atoms with Gasteiger partial charge in [0, 0.05) is 26.4 Å². The second-order valence-corrected chi connectivity index (χ2v) is 30.8. The minimum Gasteiger partial charge on any atom is -0.402 e. The third-order valence-corrected chi connectivity index (χ3v) is 21.4. The molecular formula is C73H115ClN10O16P2. The lowest BCUT2D eigenvalue weighted by Gasteiger charge is -2.29. The second kappa shape index (κ2) is 44.3. The summed E-state index contributed by atoms with van der Waals surface area (Å²) in [5.74, 6) is -0.530. The average molecular weight is 1490 g/mol. The number of nitrogens with two attached hydrogens (primary N) is 2. The van der Waals surface area contributed by atoms with Gasteiger partial charge < -0.3 is 59.5 Å². The van der Waals surface area contributed by atoms with Crippen LogP contribution in [-0.2, 0) is 66.8 Å². The van der Waals surface area contributed by atoms with Crippen LogP contribution in [-0.4, -0.2) is 140 Å². The number of aromatic nitrogens is 6. The summed E-state index contributed by atoms with van der Waals surface area (Å²) in [5.41, 5.74) is 9.58. The van der Waals surface area contributed by atoms with E-state index in [1.165, 1.54) is 195 Å². The lowest BCUT2D eigenvalue weighted by Crippen LogP contribution is -2.41. The summed E-state index contributed by atoms with van der Waals surface area (Å²) >= 11 is 6.36. The van der Waals surface area contributed by atoms with E-state index in [0.717, 1.165) is 25.7 Å². The van der Waals surface area contributed by atoms with E-state index in [0.29, 0.717) is 56.0 Å². The van der Waals surface area contributed by atoms with Gasteiger partial charge in [0.2, 0.25) is 11.2 Å². The Morgan fingerprint density at radius 2 is 0.951 bits per heavy atom. The summed E-state index contributed by atoms with van der Waals surface area (Å²) in [6.45, 7) is 9.21. The van der Waals surface area contributed by atoms with Crippen LogP contribution in [0.5, 0.6) is 5.75 Å². The SMILES string of the molecule is CCCCCCCCCCCCCCCCCOCCCOP(=O)(O)OC[C@H]1O[C@@](C#N)(c2ccc3c(N)ncnn23)[C@H](O)[C@@H]1O.CCCCCCCCCCCCCCCCCOCCCOP(=O)(OC[C@H]1O[C@@](C#N)(c2ccc3c(N)ncnn23)[C@@H]2OC(C)(C)O[C@@H]21)Oc1ccccc1Cl. The van der Waals surface area contributed by atoms with Gasteiger partial charge in [-0.05, 0) is 75.9 Å². The van der Waals surface area contributed by atoms with Crippen molar-refractivity contribution in [3.05, 3.63) is 77.6 Å². The van der Waals surface area contributed by atoms with Gasteiger partial charge in [-0.2, -0.15) is 20.7 Å². The smallest absolute Gasteiger partial charge is 0.402 e. The molecule has 0 radical (unpaired) electrons. The Morgan fingerprint density at radius 1 is 0.529 bits per heavy atom. The number of benzene rings is 1. The molecule has 0 amide bonds. The van der Waals surface area contributed by atoms with Crippen LogP contribution in [0.4, 0.5) is 11.6 Å². The molecule has 7 heterocycles. The molecule has 0 saturated carbocycles. The maximum atomic E-state index is 14.2. The van der Waals surface area contributed by atoms with Crippen LogP contribution in [0.25, 0.3) is 11.0 Å². The number of nitrogen functional groups attached to an aromatic ring is 2. The number of hydrogen-bond donors (Lipinski definition) is 5. The first-order chi connectivity index (χ1) is 49.4. The number of aliphatic hydroxyl groups is 2. The first-order valence-corrected chi connectivity index (χ1v) is 40.9. The largest absolute Gasteiger partial charge is 0.530 e.